The molecule has 0 aromatic heterocycles. The summed E-state index contributed by atoms with van der Waals surface area (Å²) in [6.45, 7) is 1.09. The van der Waals surface area contributed by atoms with E-state index in [9.17, 15) is 9.59 Å². The molecule has 2 amide bonds. The molecule has 4 rings (SSSR count). The van der Waals surface area contributed by atoms with Crippen LogP contribution in [0.5, 0.6) is 0 Å². The summed E-state index contributed by atoms with van der Waals surface area (Å²) in [7, 11) is 0. The van der Waals surface area contributed by atoms with Gasteiger partial charge in [0.1, 0.15) is 0 Å². The van der Waals surface area contributed by atoms with Crippen molar-refractivity contribution in [3.8, 4) is 0 Å². The lowest BCUT2D eigenvalue weighted by atomic mass is 9.94. The number of hydrogen-bond acceptors (Lipinski definition) is 2. The minimum Gasteiger partial charge on any atom is -0.339 e. The van der Waals surface area contributed by atoms with Gasteiger partial charge in [0.05, 0.1) is 0 Å². The number of carbonyl (C=O) groups excluding carboxylic acids is 2. The molecule has 0 bridgehead atoms. The van der Waals surface area contributed by atoms with E-state index in [-0.39, 0.29) is 17.7 Å². The molecule has 1 aliphatic heterocycles. The fraction of sp³-hybridized carbons (Fsp3) is 0.185. The zero-order valence-electron chi connectivity index (χ0n) is 17.7. The average Bonchev–Trinajstić information content (AvgIpc) is 2.84. The number of carbonyl (C=O) groups is 2. The van der Waals surface area contributed by atoms with Gasteiger partial charge in [-0.15, -0.1) is 0 Å². The largest absolute Gasteiger partial charge is 0.339 e. The molecule has 0 atom stereocenters. The Kier molecular flexibility index (Phi) is 7.03. The smallest absolute Gasteiger partial charge is 0.254 e. The van der Waals surface area contributed by atoms with Crippen LogP contribution in [0.1, 0.15) is 24.0 Å². The van der Waals surface area contributed by atoms with E-state index in [2.05, 4.69) is 5.32 Å². The Bertz CT molecular complexity index is 1090. The van der Waals surface area contributed by atoms with E-state index >= 15 is 0 Å². The number of likely N-dealkylation sites (tertiary alicyclic amines) is 1. The number of nitrogens with zero attached hydrogens (tertiary/aromatic N) is 1. The Labute approximate surface area is 193 Å². The van der Waals surface area contributed by atoms with Crippen molar-refractivity contribution in [2.24, 2.45) is 5.92 Å². The number of halogens is 1. The number of nitrogens with one attached hydrogen (secondary N) is 1. The number of hydrogen-bond donors (Lipinski definition) is 1. The molecule has 1 N–H and O–H groups in total. The quantitative estimate of drug-likeness (QED) is 0.402. The van der Waals surface area contributed by atoms with E-state index in [1.807, 2.05) is 83.8 Å². The molecule has 3 aromatic carbocycles. The summed E-state index contributed by atoms with van der Waals surface area (Å²) in [5.41, 5.74) is 3.21. The number of benzene rings is 3. The Hall–Kier alpha value is -3.37. The maximum atomic E-state index is 13.5. The summed E-state index contributed by atoms with van der Waals surface area (Å²) in [6, 6.07) is 26.6. The maximum Gasteiger partial charge on any atom is 0.254 e. The minimum absolute atomic E-state index is 0.0149. The molecule has 1 aliphatic rings. The SMILES string of the molecule is O=C(Nc1ccccc1)C1CCN(C(=O)/C(=C\c2ccccc2)c2ccc(Cl)cc2)CC1. The molecule has 0 saturated carbocycles. The fourth-order valence-corrected chi connectivity index (χ4v) is 4.02. The third kappa shape index (κ3) is 5.45. The van der Waals surface area contributed by atoms with E-state index < -0.39 is 0 Å². The van der Waals surface area contributed by atoms with E-state index in [1.165, 1.54) is 0 Å². The monoisotopic (exact) mass is 444 g/mol. The second-order valence-electron chi connectivity index (χ2n) is 7.90. The number of rotatable bonds is 5. The van der Waals surface area contributed by atoms with E-state index in [1.54, 1.807) is 12.1 Å². The topological polar surface area (TPSA) is 49.4 Å². The summed E-state index contributed by atoms with van der Waals surface area (Å²) in [6.07, 6.45) is 3.20. The number of amides is 2. The molecule has 1 fully saturated rings. The van der Waals surface area contributed by atoms with Gasteiger partial charge in [-0.05, 0) is 54.3 Å². The van der Waals surface area contributed by atoms with Crippen LogP contribution < -0.4 is 5.32 Å². The van der Waals surface area contributed by atoms with Gasteiger partial charge in [0.25, 0.3) is 5.91 Å². The summed E-state index contributed by atoms with van der Waals surface area (Å²) in [4.78, 5) is 28.0. The first-order valence-corrected chi connectivity index (χ1v) is 11.2. The van der Waals surface area contributed by atoms with Crippen LogP contribution in [-0.2, 0) is 9.59 Å². The van der Waals surface area contributed by atoms with Gasteiger partial charge in [0, 0.05) is 35.3 Å². The lowest BCUT2D eigenvalue weighted by Crippen LogP contribution is -2.41. The first-order valence-electron chi connectivity index (χ1n) is 10.8. The summed E-state index contributed by atoms with van der Waals surface area (Å²) in [5, 5.41) is 3.61. The van der Waals surface area contributed by atoms with Gasteiger partial charge in [-0.2, -0.15) is 0 Å². The van der Waals surface area contributed by atoms with E-state index in [0.717, 1.165) is 16.8 Å². The van der Waals surface area contributed by atoms with Crippen LogP contribution in [0.15, 0.2) is 84.9 Å². The highest BCUT2D eigenvalue weighted by atomic mass is 35.5. The fourth-order valence-electron chi connectivity index (χ4n) is 3.89. The number of piperidine rings is 1. The predicted octanol–water partition coefficient (Wildman–Crippen LogP) is 5.76. The van der Waals surface area contributed by atoms with E-state index in [4.69, 9.17) is 11.6 Å². The lowest BCUT2D eigenvalue weighted by molar-refractivity contribution is -0.129. The Morgan fingerprint density at radius 2 is 1.44 bits per heavy atom. The first-order chi connectivity index (χ1) is 15.6. The van der Waals surface area contributed by atoms with E-state index in [0.29, 0.717) is 36.5 Å². The minimum atomic E-state index is -0.101. The zero-order valence-corrected chi connectivity index (χ0v) is 18.5. The molecule has 5 heteroatoms. The molecule has 0 spiro atoms. The maximum absolute atomic E-state index is 13.5. The van der Waals surface area contributed by atoms with Crippen molar-refractivity contribution in [2.75, 3.05) is 18.4 Å². The van der Waals surface area contributed by atoms with Crippen molar-refractivity contribution in [1.82, 2.24) is 4.90 Å². The number of anilines is 1. The second kappa shape index (κ2) is 10.3. The molecule has 32 heavy (non-hydrogen) atoms. The van der Waals surface area contributed by atoms with Gasteiger partial charge in [0.15, 0.2) is 0 Å². The lowest BCUT2D eigenvalue weighted by Gasteiger charge is -2.32. The molecule has 4 nitrogen and oxygen atoms in total. The summed E-state index contributed by atoms with van der Waals surface area (Å²) >= 11 is 6.06. The predicted molar refractivity (Wildman–Crippen MR) is 130 cm³/mol. The van der Waals surface area contributed by atoms with Gasteiger partial charge < -0.3 is 10.2 Å². The molecular weight excluding hydrogens is 420 g/mol. The molecule has 1 saturated heterocycles. The number of para-hydroxylation sites is 1. The first kappa shape index (κ1) is 21.8. The molecule has 0 radical (unpaired) electrons. The molecule has 0 unspecified atom stereocenters. The Morgan fingerprint density at radius 3 is 2.06 bits per heavy atom. The third-order valence-corrected chi connectivity index (χ3v) is 5.94. The average molecular weight is 445 g/mol. The van der Waals surface area contributed by atoms with Crippen molar-refractivity contribution in [2.45, 2.75) is 12.8 Å². The van der Waals surface area contributed by atoms with Gasteiger partial charge >= 0.3 is 0 Å². The molecule has 0 aliphatic carbocycles. The highest BCUT2D eigenvalue weighted by Crippen LogP contribution is 2.26. The van der Waals surface area contributed by atoms with Crippen molar-refractivity contribution in [1.29, 1.82) is 0 Å². The van der Waals surface area contributed by atoms with Gasteiger partial charge in [-0.1, -0.05) is 72.3 Å². The van der Waals surface area contributed by atoms with Crippen LogP contribution in [0.25, 0.3) is 11.6 Å². The zero-order chi connectivity index (χ0) is 22.3. The van der Waals surface area contributed by atoms with Crippen LogP contribution in [-0.4, -0.2) is 29.8 Å². The van der Waals surface area contributed by atoms with Gasteiger partial charge in [-0.3, -0.25) is 9.59 Å². The highest BCUT2D eigenvalue weighted by molar-refractivity contribution is 6.31. The molecule has 162 valence electrons. The van der Waals surface area contributed by atoms with Crippen molar-refractivity contribution in [3.63, 3.8) is 0 Å². The molecular formula is C27H25ClN2O2. The molecule has 3 aromatic rings. The summed E-state index contributed by atoms with van der Waals surface area (Å²) in [5.74, 6) is -0.115. The van der Waals surface area contributed by atoms with Crippen molar-refractivity contribution in [3.05, 3.63) is 101 Å². The summed E-state index contributed by atoms with van der Waals surface area (Å²) < 4.78 is 0. The van der Waals surface area contributed by atoms with Crippen LogP contribution in [0.2, 0.25) is 5.02 Å². The van der Waals surface area contributed by atoms with Crippen LogP contribution in [0.4, 0.5) is 5.69 Å². The Balaban J connectivity index is 1.47. The highest BCUT2D eigenvalue weighted by Gasteiger charge is 2.29. The van der Waals surface area contributed by atoms with Gasteiger partial charge in [-0.25, -0.2) is 0 Å². The van der Waals surface area contributed by atoms with Crippen LogP contribution in [0, 0.1) is 5.92 Å². The second-order valence-corrected chi connectivity index (χ2v) is 8.33. The Morgan fingerprint density at radius 1 is 0.844 bits per heavy atom. The molecule has 1 heterocycles. The third-order valence-electron chi connectivity index (χ3n) is 5.69. The normalized spacial score (nSPS) is 14.8. The standard InChI is InChI=1S/C27H25ClN2O2/c28-23-13-11-21(12-14-23)25(19-20-7-3-1-4-8-20)27(32)30-17-15-22(16-18-30)26(31)29-24-9-5-2-6-10-24/h1-14,19,22H,15-18H2,(H,29,31)/b25-19-. The van der Waals surface area contributed by atoms with Crippen molar-refractivity contribution < 1.29 is 9.59 Å². The van der Waals surface area contributed by atoms with Crippen molar-refractivity contribution >= 4 is 40.8 Å². The van der Waals surface area contributed by atoms with Crippen LogP contribution >= 0.6 is 11.6 Å². The van der Waals surface area contributed by atoms with Gasteiger partial charge in [0.2, 0.25) is 5.91 Å². The van der Waals surface area contributed by atoms with Crippen LogP contribution in [0.3, 0.4) is 0 Å².